The Balaban J connectivity index is -0.00000450. The van der Waals surface area contributed by atoms with Gasteiger partial charge in [-0.3, -0.25) is 0 Å². The van der Waals surface area contributed by atoms with Gasteiger partial charge < -0.3 is 26.9 Å². The van der Waals surface area contributed by atoms with Crippen molar-refractivity contribution in [1.29, 1.82) is 0 Å². The van der Waals surface area contributed by atoms with Gasteiger partial charge in [0, 0.05) is 0 Å². The highest BCUT2D eigenvalue weighted by Gasteiger charge is 2.13. The highest BCUT2D eigenvalue weighted by Crippen LogP contribution is 2.15. The van der Waals surface area contributed by atoms with Gasteiger partial charge in [0.1, 0.15) is 0 Å². The van der Waals surface area contributed by atoms with Gasteiger partial charge in [0.15, 0.2) is 0 Å². The molecule has 0 saturated heterocycles. The molecular weight excluding hydrogens is 470 g/mol. The van der Waals surface area contributed by atoms with Gasteiger partial charge in [0.25, 0.3) is 0 Å². The Morgan fingerprint density at radius 1 is 0.333 bits per heavy atom. The van der Waals surface area contributed by atoms with E-state index in [1.54, 1.807) is 0 Å². The topological polar surface area (TPSA) is 31.5 Å². The van der Waals surface area contributed by atoms with Crippen molar-refractivity contribution in [2.45, 2.75) is 168 Å². The Bertz CT molecular complexity index is 305. The number of unbranched alkanes of at least 4 members (excludes halogenated alkanes) is 22. The van der Waals surface area contributed by atoms with Crippen molar-refractivity contribution in [3.8, 4) is 0 Å². The van der Waals surface area contributed by atoms with E-state index in [1.165, 1.54) is 172 Å². The summed E-state index contributed by atoms with van der Waals surface area (Å²) in [6.07, 6.45) is 35.0. The fourth-order valence-electron chi connectivity index (χ4n) is 4.87. The summed E-state index contributed by atoms with van der Waals surface area (Å²) in [7, 11) is 4.91. The van der Waals surface area contributed by atoms with Crippen LogP contribution in [0.15, 0.2) is 0 Å². The summed E-state index contributed by atoms with van der Waals surface area (Å²) in [5, 5.41) is 0. The van der Waals surface area contributed by atoms with Crippen molar-refractivity contribution in [3.63, 3.8) is 0 Å². The quantitative estimate of drug-likeness (QED) is 0.0876. The van der Waals surface area contributed by atoms with Crippen LogP contribution in [0.4, 0.5) is 0 Å². The van der Waals surface area contributed by atoms with E-state index in [0.29, 0.717) is 0 Å². The van der Waals surface area contributed by atoms with Crippen LogP contribution in [0.5, 0.6) is 0 Å². The molecule has 33 heavy (non-hydrogen) atoms. The number of nitrogens with zero attached hydrogens (tertiary/aromatic N) is 1. The molecule has 0 amide bonds. The third-order valence-corrected chi connectivity index (χ3v) is 7.23. The third kappa shape index (κ3) is 32.4. The Morgan fingerprint density at radius 2 is 0.515 bits per heavy atom. The van der Waals surface area contributed by atoms with E-state index in [0.717, 1.165) is 0 Å². The van der Waals surface area contributed by atoms with Crippen LogP contribution in [-0.4, -0.2) is 37.1 Å². The Morgan fingerprint density at radius 3 is 0.727 bits per heavy atom. The predicted molar refractivity (Wildman–Crippen MR) is 148 cm³/mol. The van der Waals surface area contributed by atoms with E-state index < -0.39 is 0 Å². The predicted octanol–water partition coefficient (Wildman–Crippen LogP) is 6.64. The first-order valence-electron chi connectivity index (χ1n) is 14.9. The van der Waals surface area contributed by atoms with Crippen LogP contribution in [0, 0.1) is 0 Å². The van der Waals surface area contributed by atoms with Crippen LogP contribution < -0.4 is 17.0 Å². The van der Waals surface area contributed by atoms with Crippen molar-refractivity contribution in [2.24, 2.45) is 0 Å². The van der Waals surface area contributed by atoms with Crippen LogP contribution in [0.25, 0.3) is 0 Å². The van der Waals surface area contributed by atoms with Crippen LogP contribution >= 0.6 is 0 Å². The van der Waals surface area contributed by atoms with E-state index >= 15 is 0 Å². The molecule has 0 spiro atoms. The lowest BCUT2D eigenvalue weighted by atomic mass is 10.0. The second-order valence-electron chi connectivity index (χ2n) is 11.2. The summed E-state index contributed by atoms with van der Waals surface area (Å²) in [4.78, 5) is 0. The zero-order valence-electron chi connectivity index (χ0n) is 23.7. The molecular formula is C30H66BrNO. The number of rotatable bonds is 26. The van der Waals surface area contributed by atoms with Crippen LogP contribution in [0.1, 0.15) is 168 Å². The fourth-order valence-corrected chi connectivity index (χ4v) is 4.87. The van der Waals surface area contributed by atoms with Crippen molar-refractivity contribution >= 4 is 0 Å². The summed E-state index contributed by atoms with van der Waals surface area (Å²) in [6, 6.07) is 0. The van der Waals surface area contributed by atoms with Crippen LogP contribution in [0.3, 0.4) is 0 Å². The first-order valence-corrected chi connectivity index (χ1v) is 14.9. The molecule has 0 bridgehead atoms. The van der Waals surface area contributed by atoms with Gasteiger partial charge in [-0.1, -0.05) is 142 Å². The lowest BCUT2D eigenvalue weighted by molar-refractivity contribution is -0.890. The molecule has 0 aromatic carbocycles. The summed E-state index contributed by atoms with van der Waals surface area (Å²) < 4.78 is 1.25. The molecule has 0 aliphatic heterocycles. The highest BCUT2D eigenvalue weighted by atomic mass is 79.9. The molecule has 0 radical (unpaired) electrons. The Labute approximate surface area is 221 Å². The minimum absolute atomic E-state index is 0. The first kappa shape index (κ1) is 37.9. The molecule has 0 aromatic heterocycles. The maximum Gasteiger partial charge on any atom is 0.0782 e. The van der Waals surface area contributed by atoms with Crippen LogP contribution in [0.2, 0.25) is 0 Å². The number of quaternary nitrogens is 1. The molecule has 0 fully saturated rings. The van der Waals surface area contributed by atoms with Gasteiger partial charge in [-0.15, -0.1) is 0 Å². The normalized spacial score (nSPS) is 11.3. The summed E-state index contributed by atoms with van der Waals surface area (Å²) in [5.74, 6) is 0. The molecule has 0 unspecified atom stereocenters. The molecule has 0 atom stereocenters. The van der Waals surface area contributed by atoms with Crippen LogP contribution in [-0.2, 0) is 0 Å². The van der Waals surface area contributed by atoms with Gasteiger partial charge in [-0.2, -0.15) is 0 Å². The monoisotopic (exact) mass is 535 g/mol. The van der Waals surface area contributed by atoms with E-state index in [9.17, 15) is 0 Å². The lowest BCUT2D eigenvalue weighted by Gasteiger charge is -2.30. The molecule has 204 valence electrons. The maximum atomic E-state index is 2.46. The largest absolute Gasteiger partial charge is 1.00 e. The average Bonchev–Trinajstić information content (AvgIpc) is 2.75. The zero-order valence-corrected chi connectivity index (χ0v) is 25.3. The Kier molecular flexibility index (Phi) is 35.0. The van der Waals surface area contributed by atoms with Gasteiger partial charge in [0.2, 0.25) is 0 Å². The van der Waals surface area contributed by atoms with Gasteiger partial charge in [-0.25, -0.2) is 0 Å². The molecule has 0 aliphatic carbocycles. The minimum atomic E-state index is 0. The lowest BCUT2D eigenvalue weighted by Crippen LogP contribution is -3.00. The standard InChI is InChI=1S/C30H64N.BrH.H2O/c1-5-7-9-11-13-15-17-19-21-23-25-27-29-31(3,4)30-28-26-24-22-20-18-16-14-12-10-8-6-2;;/h5-30H2,1-4H3;1H;1H2/q+1;;/p-1. The molecule has 0 heterocycles. The van der Waals surface area contributed by atoms with E-state index in [1.807, 2.05) is 0 Å². The van der Waals surface area contributed by atoms with Crippen molar-refractivity contribution < 1.29 is 26.9 Å². The van der Waals surface area contributed by atoms with Gasteiger partial charge in [0.05, 0.1) is 27.2 Å². The first-order chi connectivity index (χ1) is 15.1. The van der Waals surface area contributed by atoms with E-state index in [-0.39, 0.29) is 22.5 Å². The van der Waals surface area contributed by atoms with E-state index in [2.05, 4.69) is 27.9 Å². The summed E-state index contributed by atoms with van der Waals surface area (Å²) in [6.45, 7) is 7.38. The second kappa shape index (κ2) is 30.4. The Hall–Kier alpha value is 0.400. The maximum absolute atomic E-state index is 2.46. The molecule has 0 aliphatic rings. The molecule has 2 nitrogen and oxygen atoms in total. The summed E-state index contributed by atoms with van der Waals surface area (Å²) in [5.41, 5.74) is 0. The zero-order chi connectivity index (χ0) is 22.9. The van der Waals surface area contributed by atoms with Gasteiger partial charge in [-0.05, 0) is 25.7 Å². The summed E-state index contributed by atoms with van der Waals surface area (Å²) >= 11 is 0. The van der Waals surface area contributed by atoms with E-state index in [4.69, 9.17) is 0 Å². The number of hydrogen-bond acceptors (Lipinski definition) is 0. The fraction of sp³-hybridized carbons (Fsp3) is 1.00. The van der Waals surface area contributed by atoms with Crippen molar-refractivity contribution in [3.05, 3.63) is 0 Å². The van der Waals surface area contributed by atoms with Gasteiger partial charge >= 0.3 is 0 Å². The number of halogens is 1. The molecule has 0 rings (SSSR count). The van der Waals surface area contributed by atoms with Crippen molar-refractivity contribution in [1.82, 2.24) is 0 Å². The molecule has 0 aromatic rings. The second-order valence-corrected chi connectivity index (χ2v) is 11.2. The molecule has 3 heteroatoms. The minimum Gasteiger partial charge on any atom is -1.00 e. The third-order valence-electron chi connectivity index (χ3n) is 7.23. The average molecular weight is 537 g/mol. The SMILES string of the molecule is CCCCCCCCCCCCCC[N+](C)(C)CCCCCCCCCCCCCC.O.[Br-]. The van der Waals surface area contributed by atoms with Crippen molar-refractivity contribution in [2.75, 3.05) is 27.2 Å². The number of hydrogen-bond donors (Lipinski definition) is 0. The smallest absolute Gasteiger partial charge is 0.0782 e. The molecule has 0 saturated carbocycles. The molecule has 2 N–H and O–H groups in total. The highest BCUT2D eigenvalue weighted by molar-refractivity contribution is 4.50.